The number of benzene rings is 2. The first-order valence-electron chi connectivity index (χ1n) is 9.20. The van der Waals surface area contributed by atoms with E-state index in [1.54, 1.807) is 6.07 Å². The summed E-state index contributed by atoms with van der Waals surface area (Å²) in [4.78, 5) is 28.3. The van der Waals surface area contributed by atoms with Gasteiger partial charge in [0.25, 0.3) is 5.91 Å². The number of aromatic nitrogens is 2. The smallest absolute Gasteiger partial charge is 0.316 e. The van der Waals surface area contributed by atoms with Crippen LogP contribution >= 0.6 is 23.4 Å². The second-order valence-electron chi connectivity index (χ2n) is 6.77. The maximum Gasteiger partial charge on any atom is 0.316 e. The van der Waals surface area contributed by atoms with Gasteiger partial charge in [0.05, 0.1) is 23.3 Å². The van der Waals surface area contributed by atoms with E-state index in [0.717, 1.165) is 16.6 Å². The minimum atomic E-state index is -0.467. The number of thioether (sulfide) groups is 1. The Hall–Kier alpha value is -2.51. The third-order valence-corrected chi connectivity index (χ3v) is 5.18. The molecule has 6 nitrogen and oxygen atoms in total. The van der Waals surface area contributed by atoms with Gasteiger partial charge in [-0.25, -0.2) is 4.98 Å². The highest BCUT2D eigenvalue weighted by Crippen LogP contribution is 2.27. The summed E-state index contributed by atoms with van der Waals surface area (Å²) in [5.41, 5.74) is 2.82. The summed E-state index contributed by atoms with van der Waals surface area (Å²) in [6, 6.07) is 15.6. The zero-order valence-electron chi connectivity index (χ0n) is 16.2. The van der Waals surface area contributed by atoms with Gasteiger partial charge in [0.2, 0.25) is 0 Å². The maximum atomic E-state index is 12.1. The number of rotatable bonds is 8. The molecule has 0 fully saturated rings. The fourth-order valence-electron chi connectivity index (χ4n) is 2.78. The SMILES string of the molecule is CC(C)NC(=O)COC(=O)CSc1nc2cc(Cl)ccc2n1Cc1ccccc1. The van der Waals surface area contributed by atoms with E-state index in [1.165, 1.54) is 11.8 Å². The number of hydrogen-bond acceptors (Lipinski definition) is 5. The molecule has 0 aliphatic rings. The zero-order chi connectivity index (χ0) is 20.8. The lowest BCUT2D eigenvalue weighted by molar-refractivity contribution is -0.146. The molecule has 2 aromatic carbocycles. The summed E-state index contributed by atoms with van der Waals surface area (Å²) in [6.45, 7) is 4.03. The van der Waals surface area contributed by atoms with Gasteiger partial charge in [0.1, 0.15) is 0 Å². The van der Waals surface area contributed by atoms with E-state index in [4.69, 9.17) is 16.3 Å². The quantitative estimate of drug-likeness (QED) is 0.432. The largest absolute Gasteiger partial charge is 0.455 e. The average Bonchev–Trinajstić information content (AvgIpc) is 3.01. The molecule has 1 amide bonds. The molecule has 29 heavy (non-hydrogen) atoms. The van der Waals surface area contributed by atoms with Crippen molar-refractivity contribution in [2.24, 2.45) is 0 Å². The van der Waals surface area contributed by atoms with Gasteiger partial charge in [-0.1, -0.05) is 53.7 Å². The normalized spacial score (nSPS) is 11.0. The molecule has 3 rings (SSSR count). The number of ether oxygens (including phenoxy) is 1. The standard InChI is InChI=1S/C21H22ClN3O3S/c1-14(2)23-19(26)12-28-20(27)13-29-21-24-17-10-16(22)8-9-18(17)25(21)11-15-6-4-3-5-7-15/h3-10,14H,11-13H2,1-2H3,(H,23,26). The summed E-state index contributed by atoms with van der Waals surface area (Å²) >= 11 is 7.38. The van der Waals surface area contributed by atoms with Crippen LogP contribution in [0.1, 0.15) is 19.4 Å². The summed E-state index contributed by atoms with van der Waals surface area (Å²) < 4.78 is 7.09. The Labute approximate surface area is 178 Å². The third-order valence-electron chi connectivity index (χ3n) is 3.99. The molecule has 1 heterocycles. The Kier molecular flexibility index (Phi) is 7.17. The van der Waals surface area contributed by atoms with Crippen LogP contribution in [0.5, 0.6) is 0 Å². The van der Waals surface area contributed by atoms with Gasteiger partial charge in [-0.3, -0.25) is 9.59 Å². The number of carbonyl (C=O) groups excluding carboxylic acids is 2. The highest BCUT2D eigenvalue weighted by Gasteiger charge is 2.15. The molecule has 152 valence electrons. The molecule has 3 aromatic rings. The second kappa shape index (κ2) is 9.80. The van der Waals surface area contributed by atoms with Crippen molar-refractivity contribution in [1.82, 2.24) is 14.9 Å². The van der Waals surface area contributed by atoms with Gasteiger partial charge >= 0.3 is 5.97 Å². The van der Waals surface area contributed by atoms with Gasteiger partial charge in [-0.15, -0.1) is 0 Å². The molecule has 0 spiro atoms. The lowest BCUT2D eigenvalue weighted by atomic mass is 10.2. The lowest BCUT2D eigenvalue weighted by Crippen LogP contribution is -2.34. The van der Waals surface area contributed by atoms with E-state index in [0.29, 0.717) is 16.7 Å². The summed E-state index contributed by atoms with van der Waals surface area (Å²) in [6.07, 6.45) is 0. The number of fused-ring (bicyclic) bond motifs is 1. The molecule has 8 heteroatoms. The molecule has 0 aliphatic heterocycles. The van der Waals surface area contributed by atoms with Gasteiger partial charge in [0, 0.05) is 11.1 Å². The van der Waals surface area contributed by atoms with Crippen LogP contribution in [0.25, 0.3) is 11.0 Å². The van der Waals surface area contributed by atoms with E-state index in [-0.39, 0.29) is 24.3 Å². The topological polar surface area (TPSA) is 73.2 Å². The molecular weight excluding hydrogens is 410 g/mol. The molecule has 0 atom stereocenters. The number of esters is 1. The van der Waals surface area contributed by atoms with E-state index < -0.39 is 5.97 Å². The molecule has 1 aromatic heterocycles. The average molecular weight is 432 g/mol. The Morgan fingerprint density at radius 1 is 1.21 bits per heavy atom. The van der Waals surface area contributed by atoms with Crippen LogP contribution in [0.15, 0.2) is 53.7 Å². The van der Waals surface area contributed by atoms with Crippen LogP contribution in [0.3, 0.4) is 0 Å². The molecule has 0 bridgehead atoms. The number of amides is 1. The van der Waals surface area contributed by atoms with Crippen LogP contribution in [0.4, 0.5) is 0 Å². The number of hydrogen-bond donors (Lipinski definition) is 1. The fraction of sp³-hybridized carbons (Fsp3) is 0.286. The van der Waals surface area contributed by atoms with E-state index in [9.17, 15) is 9.59 Å². The fourth-order valence-corrected chi connectivity index (χ4v) is 3.76. The van der Waals surface area contributed by atoms with Crippen molar-refractivity contribution < 1.29 is 14.3 Å². The zero-order valence-corrected chi connectivity index (χ0v) is 17.8. The van der Waals surface area contributed by atoms with Crippen molar-refractivity contribution in [3.8, 4) is 0 Å². The highest BCUT2D eigenvalue weighted by atomic mass is 35.5. The Morgan fingerprint density at radius 3 is 2.69 bits per heavy atom. The van der Waals surface area contributed by atoms with E-state index >= 15 is 0 Å². The summed E-state index contributed by atoms with van der Waals surface area (Å²) in [5, 5.41) is 3.97. The summed E-state index contributed by atoms with van der Waals surface area (Å²) in [5.74, 6) is -0.726. The summed E-state index contributed by atoms with van der Waals surface area (Å²) in [7, 11) is 0. The van der Waals surface area contributed by atoms with Gasteiger partial charge < -0.3 is 14.6 Å². The monoisotopic (exact) mass is 431 g/mol. The number of nitrogens with zero attached hydrogens (tertiary/aromatic N) is 2. The Morgan fingerprint density at radius 2 is 1.97 bits per heavy atom. The van der Waals surface area contributed by atoms with Crippen LogP contribution in [-0.4, -0.2) is 39.8 Å². The van der Waals surface area contributed by atoms with Crippen LogP contribution in [0, 0.1) is 0 Å². The highest BCUT2D eigenvalue weighted by molar-refractivity contribution is 7.99. The molecule has 0 aliphatic carbocycles. The van der Waals surface area contributed by atoms with Crippen LogP contribution in [0.2, 0.25) is 5.02 Å². The van der Waals surface area contributed by atoms with Crippen molar-refractivity contribution >= 4 is 46.3 Å². The van der Waals surface area contributed by atoms with E-state index in [1.807, 2.05) is 60.9 Å². The second-order valence-corrected chi connectivity index (χ2v) is 8.15. The lowest BCUT2D eigenvalue weighted by Gasteiger charge is -2.10. The van der Waals surface area contributed by atoms with Crippen molar-refractivity contribution in [2.45, 2.75) is 31.6 Å². The number of carbonyl (C=O) groups is 2. The molecule has 1 N–H and O–H groups in total. The predicted molar refractivity (Wildman–Crippen MR) is 115 cm³/mol. The van der Waals surface area contributed by atoms with Gasteiger partial charge in [0.15, 0.2) is 11.8 Å². The first-order valence-corrected chi connectivity index (χ1v) is 10.6. The van der Waals surface area contributed by atoms with Gasteiger partial charge in [-0.05, 0) is 37.6 Å². The van der Waals surface area contributed by atoms with Crippen LogP contribution < -0.4 is 5.32 Å². The molecule has 0 saturated heterocycles. The Bertz CT molecular complexity index is 1010. The van der Waals surface area contributed by atoms with E-state index in [2.05, 4.69) is 10.3 Å². The minimum absolute atomic E-state index is 0.000273. The van der Waals surface area contributed by atoms with Gasteiger partial charge in [-0.2, -0.15) is 0 Å². The minimum Gasteiger partial charge on any atom is -0.455 e. The maximum absolute atomic E-state index is 12.1. The van der Waals surface area contributed by atoms with Crippen molar-refractivity contribution in [3.63, 3.8) is 0 Å². The number of nitrogens with one attached hydrogen (secondary N) is 1. The molecule has 0 radical (unpaired) electrons. The molecular formula is C21H22ClN3O3S. The van der Waals surface area contributed by atoms with Crippen molar-refractivity contribution in [3.05, 3.63) is 59.1 Å². The number of halogens is 1. The Balaban J connectivity index is 1.72. The van der Waals surface area contributed by atoms with Crippen molar-refractivity contribution in [2.75, 3.05) is 12.4 Å². The first kappa shape index (κ1) is 21.2. The van der Waals surface area contributed by atoms with Crippen molar-refractivity contribution in [1.29, 1.82) is 0 Å². The molecule has 0 saturated carbocycles. The third kappa shape index (κ3) is 5.98. The number of imidazole rings is 1. The van der Waals surface area contributed by atoms with Crippen LogP contribution in [-0.2, 0) is 20.9 Å². The molecule has 0 unspecified atom stereocenters. The first-order chi connectivity index (χ1) is 13.9. The predicted octanol–water partition coefficient (Wildman–Crippen LogP) is 3.90.